The number of carbonyl (C=O) groups excluding carboxylic acids is 1. The van der Waals surface area contributed by atoms with Crippen LogP contribution in [-0.2, 0) is 11.3 Å². The minimum Gasteiger partial charge on any atom is -0.332 e. The van der Waals surface area contributed by atoms with Crippen molar-refractivity contribution in [2.75, 3.05) is 6.54 Å². The highest BCUT2D eigenvalue weighted by atomic mass is 16.2. The second-order valence-electron chi connectivity index (χ2n) is 6.92. The molecule has 4 heteroatoms. The molecule has 2 aromatic rings. The number of carbonyl (C=O) groups is 1. The zero-order valence-electron chi connectivity index (χ0n) is 14.3. The van der Waals surface area contributed by atoms with Crippen LogP contribution in [0.4, 0.5) is 0 Å². The molecule has 24 heavy (non-hydrogen) atoms. The van der Waals surface area contributed by atoms with Crippen molar-refractivity contribution in [2.24, 2.45) is 5.92 Å². The summed E-state index contributed by atoms with van der Waals surface area (Å²) in [6, 6.07) is 8.41. The number of imidazole rings is 1. The minimum absolute atomic E-state index is 0.134. The summed E-state index contributed by atoms with van der Waals surface area (Å²) in [5.74, 6) is 1.79. The lowest BCUT2D eigenvalue weighted by molar-refractivity contribution is -0.133. The average molecular weight is 323 g/mol. The Morgan fingerprint density at radius 1 is 1.29 bits per heavy atom. The molecule has 0 N–H and O–H groups in total. The van der Waals surface area contributed by atoms with Crippen LogP contribution in [0.5, 0.6) is 0 Å². The quantitative estimate of drug-likeness (QED) is 0.795. The van der Waals surface area contributed by atoms with Gasteiger partial charge in [0.2, 0.25) is 5.91 Å². The van der Waals surface area contributed by atoms with Crippen molar-refractivity contribution in [1.29, 1.82) is 0 Å². The van der Waals surface area contributed by atoms with Gasteiger partial charge in [-0.05, 0) is 50.7 Å². The summed E-state index contributed by atoms with van der Waals surface area (Å²) in [4.78, 5) is 19.8. The molecule has 0 saturated carbocycles. The first kappa shape index (κ1) is 15.4. The SMILES string of the molecule is CCn1c([C@H]2CCCN2C(=O)C[C@@H]2C=CCC2)nc2ccccc21. The molecular weight excluding hydrogens is 298 g/mol. The predicted molar refractivity (Wildman–Crippen MR) is 95.6 cm³/mol. The van der Waals surface area contributed by atoms with Crippen molar-refractivity contribution in [2.45, 2.75) is 51.6 Å². The van der Waals surface area contributed by atoms with E-state index in [2.05, 4.69) is 46.7 Å². The van der Waals surface area contributed by atoms with Crippen LogP contribution in [0.1, 0.15) is 50.9 Å². The summed E-state index contributed by atoms with van der Waals surface area (Å²) >= 11 is 0. The first-order valence-electron chi connectivity index (χ1n) is 9.19. The van der Waals surface area contributed by atoms with Crippen LogP contribution in [0.15, 0.2) is 36.4 Å². The zero-order valence-corrected chi connectivity index (χ0v) is 14.3. The fraction of sp³-hybridized carbons (Fsp3) is 0.500. The Labute approximate surface area is 143 Å². The molecule has 0 bridgehead atoms. The maximum Gasteiger partial charge on any atom is 0.223 e. The molecule has 2 aliphatic rings. The molecular formula is C20H25N3O. The molecule has 2 heterocycles. The van der Waals surface area contributed by atoms with E-state index in [4.69, 9.17) is 4.98 Å². The topological polar surface area (TPSA) is 38.1 Å². The second-order valence-corrected chi connectivity index (χ2v) is 6.92. The lowest BCUT2D eigenvalue weighted by Gasteiger charge is -2.26. The fourth-order valence-corrected chi connectivity index (χ4v) is 4.22. The van der Waals surface area contributed by atoms with E-state index in [1.807, 2.05) is 6.07 Å². The summed E-state index contributed by atoms with van der Waals surface area (Å²) in [7, 11) is 0. The highest BCUT2D eigenvalue weighted by Gasteiger charge is 2.34. The summed E-state index contributed by atoms with van der Waals surface area (Å²) in [6.45, 7) is 3.91. The average Bonchev–Trinajstić information content (AvgIpc) is 3.33. The van der Waals surface area contributed by atoms with Crippen molar-refractivity contribution in [1.82, 2.24) is 14.5 Å². The van der Waals surface area contributed by atoms with Crippen LogP contribution in [0.3, 0.4) is 0 Å². The van der Waals surface area contributed by atoms with Gasteiger partial charge in [-0.1, -0.05) is 24.3 Å². The van der Waals surface area contributed by atoms with Crippen molar-refractivity contribution in [3.05, 3.63) is 42.2 Å². The van der Waals surface area contributed by atoms with Gasteiger partial charge in [0, 0.05) is 19.5 Å². The van der Waals surface area contributed by atoms with Gasteiger partial charge >= 0.3 is 0 Å². The molecule has 1 saturated heterocycles. The highest BCUT2D eigenvalue weighted by molar-refractivity contribution is 5.79. The molecule has 126 valence electrons. The number of benzene rings is 1. The number of likely N-dealkylation sites (tertiary alicyclic amines) is 1. The van der Waals surface area contributed by atoms with Gasteiger partial charge in [0.15, 0.2) is 0 Å². The molecule has 1 aliphatic heterocycles. The van der Waals surface area contributed by atoms with Gasteiger partial charge in [0.25, 0.3) is 0 Å². The molecule has 1 aromatic carbocycles. The van der Waals surface area contributed by atoms with Crippen LogP contribution in [0.25, 0.3) is 11.0 Å². The monoisotopic (exact) mass is 323 g/mol. The summed E-state index contributed by atoms with van der Waals surface area (Å²) in [5, 5.41) is 0. The van der Waals surface area contributed by atoms with Gasteiger partial charge in [-0.15, -0.1) is 0 Å². The van der Waals surface area contributed by atoms with Crippen LogP contribution in [-0.4, -0.2) is 26.9 Å². The van der Waals surface area contributed by atoms with E-state index >= 15 is 0 Å². The Morgan fingerprint density at radius 3 is 2.96 bits per heavy atom. The van der Waals surface area contributed by atoms with E-state index in [-0.39, 0.29) is 6.04 Å². The summed E-state index contributed by atoms with van der Waals surface area (Å²) in [6.07, 6.45) is 9.41. The molecule has 0 spiro atoms. The van der Waals surface area contributed by atoms with Gasteiger partial charge in [-0.2, -0.15) is 0 Å². The van der Waals surface area contributed by atoms with E-state index in [0.717, 1.165) is 50.1 Å². The fourth-order valence-electron chi connectivity index (χ4n) is 4.22. The van der Waals surface area contributed by atoms with Crippen LogP contribution < -0.4 is 0 Å². The van der Waals surface area contributed by atoms with E-state index < -0.39 is 0 Å². The Morgan fingerprint density at radius 2 is 2.17 bits per heavy atom. The number of aryl methyl sites for hydroxylation is 1. The Bertz CT molecular complexity index is 776. The van der Waals surface area contributed by atoms with Crippen molar-refractivity contribution in [3.63, 3.8) is 0 Å². The van der Waals surface area contributed by atoms with Gasteiger partial charge < -0.3 is 9.47 Å². The third kappa shape index (κ3) is 2.64. The Hall–Kier alpha value is -2.10. The van der Waals surface area contributed by atoms with Crippen molar-refractivity contribution in [3.8, 4) is 0 Å². The molecule has 2 atom stereocenters. The number of nitrogens with zero attached hydrogens (tertiary/aromatic N) is 3. The number of fused-ring (bicyclic) bond motifs is 1. The third-order valence-corrected chi connectivity index (χ3v) is 5.42. The molecule has 0 unspecified atom stereocenters. The summed E-state index contributed by atoms with van der Waals surface area (Å²) in [5.41, 5.74) is 2.21. The Balaban J connectivity index is 1.62. The predicted octanol–water partition coefficient (Wildman–Crippen LogP) is 4.08. The van der Waals surface area contributed by atoms with E-state index in [1.54, 1.807) is 0 Å². The van der Waals surface area contributed by atoms with Gasteiger partial charge in [0.1, 0.15) is 5.82 Å². The van der Waals surface area contributed by atoms with Crippen LogP contribution in [0.2, 0.25) is 0 Å². The zero-order chi connectivity index (χ0) is 16.5. The van der Waals surface area contributed by atoms with E-state index in [1.165, 1.54) is 5.52 Å². The molecule has 1 aromatic heterocycles. The maximum absolute atomic E-state index is 12.9. The number of amides is 1. The molecule has 4 rings (SSSR count). The molecule has 1 amide bonds. The van der Waals surface area contributed by atoms with Crippen molar-refractivity contribution >= 4 is 16.9 Å². The molecule has 0 radical (unpaired) electrons. The van der Waals surface area contributed by atoms with Gasteiger partial charge in [-0.25, -0.2) is 4.98 Å². The second kappa shape index (κ2) is 6.42. The lowest BCUT2D eigenvalue weighted by atomic mass is 10.0. The lowest BCUT2D eigenvalue weighted by Crippen LogP contribution is -2.32. The molecule has 4 nitrogen and oxygen atoms in total. The Kier molecular flexibility index (Phi) is 4.13. The number of hydrogen-bond acceptors (Lipinski definition) is 2. The smallest absolute Gasteiger partial charge is 0.223 e. The maximum atomic E-state index is 12.9. The minimum atomic E-state index is 0.134. The largest absolute Gasteiger partial charge is 0.332 e. The normalized spacial score (nSPS) is 23.5. The number of rotatable bonds is 4. The van der Waals surface area contributed by atoms with Crippen LogP contribution >= 0.6 is 0 Å². The first-order chi connectivity index (χ1) is 11.8. The standard InChI is InChI=1S/C20H25N3O/c1-2-22-17-11-6-5-10-16(17)21-20(22)18-12-7-13-23(18)19(24)14-15-8-3-4-9-15/h3,5-6,8,10-11,15,18H,2,4,7,9,12-14H2,1H3/t15-,18-/m1/s1. The molecule has 1 fully saturated rings. The first-order valence-corrected chi connectivity index (χ1v) is 9.19. The van der Waals surface area contributed by atoms with Gasteiger partial charge in [0.05, 0.1) is 17.1 Å². The number of aromatic nitrogens is 2. The highest BCUT2D eigenvalue weighted by Crippen LogP contribution is 2.35. The third-order valence-electron chi connectivity index (χ3n) is 5.42. The number of para-hydroxylation sites is 2. The van der Waals surface area contributed by atoms with Gasteiger partial charge in [-0.3, -0.25) is 4.79 Å². The van der Waals surface area contributed by atoms with E-state index in [9.17, 15) is 4.79 Å². The van der Waals surface area contributed by atoms with Crippen molar-refractivity contribution < 1.29 is 4.79 Å². The molecule has 1 aliphatic carbocycles. The summed E-state index contributed by atoms with van der Waals surface area (Å²) < 4.78 is 2.28. The number of allylic oxidation sites excluding steroid dienone is 2. The van der Waals surface area contributed by atoms with Crippen LogP contribution in [0, 0.1) is 5.92 Å². The van der Waals surface area contributed by atoms with E-state index in [0.29, 0.717) is 18.2 Å². The number of hydrogen-bond donors (Lipinski definition) is 0.